The molecule has 0 bridgehead atoms. The molecule has 0 spiro atoms. The van der Waals surface area contributed by atoms with Gasteiger partial charge in [-0.15, -0.1) is 0 Å². The molecule has 3 nitrogen and oxygen atoms in total. The standard InChI is InChI=1S/C20H17O3P/c1-12-7-9-17(14(3)13(12)2)20(21)16-8-10-18-15(11-16)5-4-6-19(18)24(22)23/h4-11H,1-3H3/p+1. The lowest BCUT2D eigenvalue weighted by Crippen LogP contribution is -2.06. The molecule has 4 heteroatoms. The Hall–Kier alpha value is -2.35. The summed E-state index contributed by atoms with van der Waals surface area (Å²) in [6.45, 7) is 6.02. The lowest BCUT2D eigenvalue weighted by atomic mass is 9.93. The number of ketones is 1. The van der Waals surface area contributed by atoms with Crippen molar-refractivity contribution in [3.05, 3.63) is 76.3 Å². The number of rotatable bonds is 3. The molecule has 0 aliphatic rings. The van der Waals surface area contributed by atoms with Crippen LogP contribution in [0.2, 0.25) is 0 Å². The first-order chi connectivity index (χ1) is 11.4. The van der Waals surface area contributed by atoms with E-state index in [2.05, 4.69) is 0 Å². The van der Waals surface area contributed by atoms with Gasteiger partial charge in [0.1, 0.15) is 0 Å². The van der Waals surface area contributed by atoms with Gasteiger partial charge in [-0.1, -0.05) is 30.3 Å². The molecule has 24 heavy (non-hydrogen) atoms. The number of benzene rings is 3. The maximum atomic E-state index is 12.9. The molecule has 0 saturated carbocycles. The second-order valence-electron chi connectivity index (χ2n) is 6.00. The zero-order chi connectivity index (χ0) is 17.4. The molecule has 1 atom stereocenters. The van der Waals surface area contributed by atoms with Gasteiger partial charge in [-0.3, -0.25) is 4.79 Å². The first-order valence-corrected chi connectivity index (χ1v) is 8.92. The van der Waals surface area contributed by atoms with Crippen LogP contribution in [0.15, 0.2) is 48.5 Å². The van der Waals surface area contributed by atoms with Crippen LogP contribution in [-0.2, 0) is 4.57 Å². The van der Waals surface area contributed by atoms with Gasteiger partial charge in [-0.05, 0) is 65.6 Å². The topological polar surface area (TPSA) is 54.4 Å². The van der Waals surface area contributed by atoms with Gasteiger partial charge >= 0.3 is 8.03 Å². The van der Waals surface area contributed by atoms with Crippen molar-refractivity contribution in [2.24, 2.45) is 0 Å². The molecule has 3 aromatic rings. The number of aryl methyl sites for hydroxylation is 1. The van der Waals surface area contributed by atoms with E-state index < -0.39 is 8.03 Å². The average Bonchev–Trinajstić information content (AvgIpc) is 2.58. The Morgan fingerprint density at radius 3 is 2.42 bits per heavy atom. The van der Waals surface area contributed by atoms with E-state index in [9.17, 15) is 14.3 Å². The lowest BCUT2D eigenvalue weighted by molar-refractivity contribution is 0.103. The molecule has 1 N–H and O–H groups in total. The van der Waals surface area contributed by atoms with Gasteiger partial charge in [0.05, 0.1) is 0 Å². The fraction of sp³-hybridized carbons (Fsp3) is 0.150. The van der Waals surface area contributed by atoms with E-state index in [1.165, 1.54) is 5.56 Å². The summed E-state index contributed by atoms with van der Waals surface area (Å²) in [6, 6.07) is 14.3. The fourth-order valence-corrected chi connectivity index (χ4v) is 3.56. The van der Waals surface area contributed by atoms with Crippen LogP contribution in [0, 0.1) is 20.8 Å². The molecule has 0 amide bonds. The van der Waals surface area contributed by atoms with Gasteiger partial charge in [-0.25, -0.2) is 0 Å². The summed E-state index contributed by atoms with van der Waals surface area (Å²) in [5.74, 6) is -0.0312. The minimum atomic E-state index is -2.41. The molecular weight excluding hydrogens is 319 g/mol. The molecule has 0 radical (unpaired) electrons. The molecule has 1 unspecified atom stereocenters. The molecule has 0 heterocycles. The Bertz CT molecular complexity index is 990. The van der Waals surface area contributed by atoms with Gasteiger partial charge in [0.2, 0.25) is 5.30 Å². The molecule has 3 rings (SSSR count). The van der Waals surface area contributed by atoms with E-state index in [-0.39, 0.29) is 5.78 Å². The van der Waals surface area contributed by atoms with E-state index in [1.54, 1.807) is 30.3 Å². The van der Waals surface area contributed by atoms with Gasteiger partial charge in [-0.2, -0.15) is 4.89 Å². The second-order valence-corrected chi connectivity index (χ2v) is 7.02. The molecular formula is C20H18O3P+. The Morgan fingerprint density at radius 1 is 0.958 bits per heavy atom. The minimum absolute atomic E-state index is 0.0312. The van der Waals surface area contributed by atoms with Crippen LogP contribution in [0.1, 0.15) is 32.6 Å². The highest BCUT2D eigenvalue weighted by Gasteiger charge is 2.21. The maximum Gasteiger partial charge on any atom is 0.546 e. The van der Waals surface area contributed by atoms with Gasteiger partial charge in [0.25, 0.3) is 0 Å². The first kappa shape index (κ1) is 16.5. The molecule has 120 valence electrons. The third-order valence-corrected chi connectivity index (χ3v) is 5.43. The Labute approximate surface area is 141 Å². The molecule has 3 aromatic carbocycles. The van der Waals surface area contributed by atoms with E-state index in [0.29, 0.717) is 21.8 Å². The third kappa shape index (κ3) is 2.77. The number of hydrogen-bond acceptors (Lipinski definition) is 2. The van der Waals surface area contributed by atoms with Gasteiger partial charge < -0.3 is 0 Å². The number of carbonyl (C=O) groups is 1. The van der Waals surface area contributed by atoms with Crippen molar-refractivity contribution in [2.75, 3.05) is 0 Å². The second kappa shape index (κ2) is 6.27. The SMILES string of the molecule is Cc1ccc(C(=O)c2ccc3c([P+](=O)O)cccc3c2)c(C)c1C. The average molecular weight is 337 g/mol. The highest BCUT2D eigenvalue weighted by molar-refractivity contribution is 7.48. The van der Waals surface area contributed by atoms with E-state index in [1.807, 2.05) is 39.0 Å². The minimum Gasteiger partial charge on any atom is -0.289 e. The highest BCUT2D eigenvalue weighted by Crippen LogP contribution is 2.25. The smallest absolute Gasteiger partial charge is 0.289 e. The first-order valence-electron chi connectivity index (χ1n) is 7.70. The van der Waals surface area contributed by atoms with Crippen molar-refractivity contribution < 1.29 is 14.3 Å². The van der Waals surface area contributed by atoms with Crippen molar-refractivity contribution in [1.82, 2.24) is 0 Å². The van der Waals surface area contributed by atoms with Crippen LogP contribution >= 0.6 is 8.03 Å². The fourth-order valence-electron chi connectivity index (χ4n) is 2.93. The van der Waals surface area contributed by atoms with Crippen molar-refractivity contribution in [2.45, 2.75) is 20.8 Å². The van der Waals surface area contributed by atoms with Crippen LogP contribution in [0.4, 0.5) is 0 Å². The quantitative estimate of drug-likeness (QED) is 0.571. The zero-order valence-electron chi connectivity index (χ0n) is 13.8. The lowest BCUT2D eigenvalue weighted by Gasteiger charge is -2.11. The zero-order valence-corrected chi connectivity index (χ0v) is 14.7. The predicted octanol–water partition coefficient (Wildman–Crippen LogP) is 4.36. The van der Waals surface area contributed by atoms with Crippen LogP contribution < -0.4 is 5.30 Å². The van der Waals surface area contributed by atoms with Gasteiger partial charge in [0.15, 0.2) is 5.78 Å². The summed E-state index contributed by atoms with van der Waals surface area (Å²) in [6.07, 6.45) is 0. The van der Waals surface area contributed by atoms with E-state index >= 15 is 0 Å². The number of hydrogen-bond donors (Lipinski definition) is 1. The summed E-state index contributed by atoms with van der Waals surface area (Å²) >= 11 is 0. The highest BCUT2D eigenvalue weighted by atomic mass is 31.1. The summed E-state index contributed by atoms with van der Waals surface area (Å²) in [5.41, 5.74) is 4.56. The van der Waals surface area contributed by atoms with Crippen molar-refractivity contribution in [3.63, 3.8) is 0 Å². The number of fused-ring (bicyclic) bond motifs is 1. The molecule has 0 saturated heterocycles. The monoisotopic (exact) mass is 337 g/mol. The van der Waals surface area contributed by atoms with E-state index in [4.69, 9.17) is 0 Å². The largest absolute Gasteiger partial charge is 0.546 e. The van der Waals surface area contributed by atoms with Crippen LogP contribution in [-0.4, -0.2) is 10.7 Å². The summed E-state index contributed by atoms with van der Waals surface area (Å²) < 4.78 is 11.5. The van der Waals surface area contributed by atoms with Crippen LogP contribution in [0.25, 0.3) is 10.8 Å². The van der Waals surface area contributed by atoms with Gasteiger partial charge in [0, 0.05) is 16.5 Å². The molecule has 0 aliphatic carbocycles. The molecule has 0 aliphatic heterocycles. The summed E-state index contributed by atoms with van der Waals surface area (Å²) in [5, 5.41) is 1.88. The normalized spacial score (nSPS) is 11.6. The Morgan fingerprint density at radius 2 is 1.71 bits per heavy atom. The van der Waals surface area contributed by atoms with Crippen LogP contribution in [0.5, 0.6) is 0 Å². The Balaban J connectivity index is 2.12. The van der Waals surface area contributed by atoms with Crippen LogP contribution in [0.3, 0.4) is 0 Å². The van der Waals surface area contributed by atoms with E-state index in [0.717, 1.165) is 16.5 Å². The molecule has 0 fully saturated rings. The summed E-state index contributed by atoms with van der Waals surface area (Å²) in [4.78, 5) is 22.3. The predicted molar refractivity (Wildman–Crippen MR) is 97.5 cm³/mol. The summed E-state index contributed by atoms with van der Waals surface area (Å²) in [7, 11) is -2.41. The van der Waals surface area contributed by atoms with Crippen molar-refractivity contribution in [1.29, 1.82) is 0 Å². The Kier molecular flexibility index (Phi) is 4.31. The van der Waals surface area contributed by atoms with Crippen molar-refractivity contribution >= 4 is 29.9 Å². The third-order valence-electron chi connectivity index (χ3n) is 4.63. The maximum absolute atomic E-state index is 12.9. The molecule has 0 aromatic heterocycles. The number of carbonyl (C=O) groups excluding carboxylic acids is 1. The van der Waals surface area contributed by atoms with Crippen molar-refractivity contribution in [3.8, 4) is 0 Å².